The van der Waals surface area contributed by atoms with Crippen LogP contribution in [0, 0.1) is 0 Å². The highest BCUT2D eigenvalue weighted by atomic mass is 19.4. The van der Waals surface area contributed by atoms with Crippen molar-refractivity contribution >= 4 is 0 Å². The molecule has 0 aromatic heterocycles. The minimum atomic E-state index is -9.20. The molecule has 0 heterocycles. The van der Waals surface area contributed by atoms with Gasteiger partial charge in [-0.1, -0.05) is 0 Å². The molecule has 1 aliphatic rings. The lowest BCUT2D eigenvalue weighted by atomic mass is 9.72. The third kappa shape index (κ3) is 3.03. The summed E-state index contributed by atoms with van der Waals surface area (Å²) in [5.41, 5.74) is -15.0. The Hall–Kier alpha value is -1.80. The van der Waals surface area contributed by atoms with E-state index in [1.807, 2.05) is 0 Å². The molecule has 0 saturated heterocycles. The van der Waals surface area contributed by atoms with E-state index in [-0.39, 0.29) is 0 Å². The molecule has 22 heteroatoms. The van der Waals surface area contributed by atoms with Gasteiger partial charge >= 0.3 is 59.5 Å². The van der Waals surface area contributed by atoms with Crippen molar-refractivity contribution in [2.24, 2.45) is 0 Å². The first-order chi connectivity index (χ1) is 14.3. The Balaban J connectivity index is 4.36. The van der Waals surface area contributed by atoms with E-state index in [9.17, 15) is 96.6 Å². The molecule has 0 aromatic carbocycles. The van der Waals surface area contributed by atoms with Gasteiger partial charge in [-0.25, -0.2) is 8.78 Å². The average molecular weight is 562 g/mol. The Kier molecular flexibility index (Phi) is 6.14. The van der Waals surface area contributed by atoms with E-state index in [2.05, 4.69) is 0 Å². The van der Waals surface area contributed by atoms with Crippen molar-refractivity contribution in [1.82, 2.24) is 0 Å². The second-order valence-electron chi connectivity index (χ2n) is 6.36. The molecule has 0 nitrogen and oxygen atoms in total. The van der Waals surface area contributed by atoms with Gasteiger partial charge in [-0.15, -0.1) is 0 Å². The monoisotopic (exact) mass is 562 g/mol. The highest BCUT2D eigenvalue weighted by Crippen LogP contribution is 2.70. The van der Waals surface area contributed by atoms with Crippen molar-refractivity contribution in [1.29, 1.82) is 0 Å². The third-order valence-electron chi connectivity index (χ3n) is 4.30. The zero-order valence-corrected chi connectivity index (χ0v) is 14.3. The van der Waals surface area contributed by atoms with Gasteiger partial charge in [-0.05, 0) is 0 Å². The minimum Gasteiger partial charge on any atom is -0.221 e. The summed E-state index contributed by atoms with van der Waals surface area (Å²) in [7, 11) is 0. The van der Waals surface area contributed by atoms with E-state index in [1.54, 1.807) is 0 Å². The van der Waals surface area contributed by atoms with E-state index >= 15 is 0 Å². The van der Waals surface area contributed by atoms with Crippen LogP contribution in [0.15, 0.2) is 11.4 Å². The summed E-state index contributed by atoms with van der Waals surface area (Å²) in [5, 5.41) is 0. The molecule has 0 radical (unpaired) electrons. The fourth-order valence-corrected chi connectivity index (χ4v) is 2.42. The quantitative estimate of drug-likeness (QED) is 0.312. The number of allylic oxidation sites excluding steroid dienone is 2. The van der Waals surface area contributed by atoms with Gasteiger partial charge in [0.2, 0.25) is 0 Å². The molecule has 1 atom stereocenters. The van der Waals surface area contributed by atoms with Crippen LogP contribution in [0.5, 0.6) is 0 Å². The van der Waals surface area contributed by atoms with Gasteiger partial charge in [0.1, 0.15) is 0 Å². The molecule has 1 unspecified atom stereocenters. The largest absolute Gasteiger partial charge is 0.460 e. The highest BCUT2D eigenvalue weighted by molar-refractivity contribution is 5.45. The maximum atomic E-state index is 14.3. The molecule has 0 spiro atoms. The Morgan fingerprint density at radius 1 is 0.412 bits per heavy atom. The summed E-state index contributed by atoms with van der Waals surface area (Å²) >= 11 is 0. The Morgan fingerprint density at radius 2 is 0.735 bits per heavy atom. The summed E-state index contributed by atoms with van der Waals surface area (Å²) in [5.74, 6) is -64.7. The number of hydrogen-bond donors (Lipinski definition) is 0. The molecule has 34 heavy (non-hydrogen) atoms. The van der Waals surface area contributed by atoms with Crippen LogP contribution in [-0.4, -0.2) is 59.5 Å². The standard InChI is InChI=1S/C12F22/c13-2-1(4(15,16)7(21,22)8(23,24)5(2,17)18)3(14,11(29,30)31)6(19,20)9(25,26)10(27,28)12(32,33)34. The molecule has 0 fully saturated rings. The Labute approximate surface area is 169 Å². The van der Waals surface area contributed by atoms with Crippen LogP contribution >= 0.6 is 0 Å². The van der Waals surface area contributed by atoms with Crippen LogP contribution in [0.4, 0.5) is 96.6 Å². The molecule has 202 valence electrons. The maximum absolute atomic E-state index is 14.3. The van der Waals surface area contributed by atoms with Crippen molar-refractivity contribution in [3.05, 3.63) is 11.4 Å². The summed E-state index contributed by atoms with van der Waals surface area (Å²) in [6.07, 6.45) is -16.7. The first-order valence-corrected chi connectivity index (χ1v) is 7.16. The molecule has 0 amide bonds. The minimum absolute atomic E-state index is 5.63. The Morgan fingerprint density at radius 3 is 1.03 bits per heavy atom. The summed E-state index contributed by atoms with van der Waals surface area (Å²) < 4.78 is 288. The molecule has 0 N–H and O–H groups in total. The van der Waals surface area contributed by atoms with Crippen LogP contribution in [0.25, 0.3) is 0 Å². The summed E-state index contributed by atoms with van der Waals surface area (Å²) in [6, 6.07) is 0. The predicted octanol–water partition coefficient (Wildman–Crippen LogP) is 7.50. The highest BCUT2D eigenvalue weighted by Gasteiger charge is 2.97. The van der Waals surface area contributed by atoms with Crippen molar-refractivity contribution in [3.8, 4) is 0 Å². The molecule has 0 bridgehead atoms. The molecule has 0 aromatic rings. The lowest BCUT2D eigenvalue weighted by Gasteiger charge is -2.48. The van der Waals surface area contributed by atoms with E-state index in [0.717, 1.165) is 0 Å². The van der Waals surface area contributed by atoms with E-state index in [0.29, 0.717) is 0 Å². The fourth-order valence-electron chi connectivity index (χ4n) is 2.42. The molecule has 1 rings (SSSR count). The number of alkyl halides is 21. The second-order valence-corrected chi connectivity index (χ2v) is 6.36. The van der Waals surface area contributed by atoms with Crippen molar-refractivity contribution in [3.63, 3.8) is 0 Å². The van der Waals surface area contributed by atoms with Crippen LogP contribution in [0.1, 0.15) is 0 Å². The van der Waals surface area contributed by atoms with Gasteiger partial charge in [0, 0.05) is 0 Å². The maximum Gasteiger partial charge on any atom is 0.460 e. The van der Waals surface area contributed by atoms with Crippen molar-refractivity contribution < 1.29 is 96.6 Å². The topological polar surface area (TPSA) is 0 Å². The van der Waals surface area contributed by atoms with Crippen LogP contribution < -0.4 is 0 Å². The van der Waals surface area contributed by atoms with Crippen molar-refractivity contribution in [2.45, 2.75) is 59.5 Å². The van der Waals surface area contributed by atoms with Gasteiger partial charge < -0.3 is 0 Å². The molecule has 1 aliphatic carbocycles. The van der Waals surface area contributed by atoms with Crippen molar-refractivity contribution in [2.75, 3.05) is 0 Å². The third-order valence-corrected chi connectivity index (χ3v) is 4.30. The van der Waals surface area contributed by atoms with Gasteiger partial charge in [0.25, 0.3) is 0 Å². The SMILES string of the molecule is FC1=C(C(F)(C(F)(F)F)C(F)(F)C(F)(F)C(F)(F)C(F)(F)F)C(F)(F)C(F)(F)C(F)(F)C1(F)F. The molecular weight excluding hydrogens is 562 g/mol. The van der Waals surface area contributed by atoms with E-state index < -0.39 is 70.9 Å². The van der Waals surface area contributed by atoms with Gasteiger partial charge in [0.15, 0.2) is 5.83 Å². The van der Waals surface area contributed by atoms with E-state index in [1.165, 1.54) is 0 Å². The van der Waals surface area contributed by atoms with Crippen LogP contribution in [0.2, 0.25) is 0 Å². The molecule has 0 aliphatic heterocycles. The number of halogens is 22. The Bertz CT molecular complexity index is 850. The summed E-state index contributed by atoms with van der Waals surface area (Å²) in [6.45, 7) is 0. The number of hydrogen-bond acceptors (Lipinski definition) is 0. The zero-order valence-electron chi connectivity index (χ0n) is 14.3. The average Bonchev–Trinajstić information content (AvgIpc) is 2.57. The number of rotatable bonds is 4. The van der Waals surface area contributed by atoms with E-state index in [4.69, 9.17) is 0 Å². The first kappa shape index (κ1) is 30.2. The van der Waals surface area contributed by atoms with Gasteiger partial charge in [-0.2, -0.15) is 87.8 Å². The smallest absolute Gasteiger partial charge is 0.221 e. The normalized spacial score (nSPS) is 25.2. The first-order valence-electron chi connectivity index (χ1n) is 7.16. The second kappa shape index (κ2) is 6.90. The molecule has 0 saturated carbocycles. The van der Waals surface area contributed by atoms with Gasteiger partial charge in [-0.3, -0.25) is 0 Å². The van der Waals surface area contributed by atoms with Crippen LogP contribution in [0.3, 0.4) is 0 Å². The lowest BCUT2D eigenvalue weighted by Crippen LogP contribution is -2.76. The van der Waals surface area contributed by atoms with Gasteiger partial charge in [0.05, 0.1) is 5.57 Å². The predicted molar refractivity (Wildman–Crippen MR) is 58.7 cm³/mol. The van der Waals surface area contributed by atoms with Crippen LogP contribution in [-0.2, 0) is 0 Å². The summed E-state index contributed by atoms with van der Waals surface area (Å²) in [4.78, 5) is 0. The molecular formula is C12F22. The zero-order chi connectivity index (χ0) is 28.2. The fraction of sp³-hybridized carbons (Fsp3) is 0.833. The lowest BCUT2D eigenvalue weighted by molar-refractivity contribution is -0.433.